The Kier molecular flexibility index (Phi) is 4.39. The van der Waals surface area contributed by atoms with Crippen LogP contribution in [0.15, 0.2) is 30.5 Å². The minimum atomic E-state index is -0.877. The first kappa shape index (κ1) is 14.8. The van der Waals surface area contributed by atoms with Crippen molar-refractivity contribution in [1.29, 1.82) is 0 Å². The Morgan fingerprint density at radius 1 is 1.43 bits per heavy atom. The van der Waals surface area contributed by atoms with Crippen LogP contribution in [0.1, 0.15) is 0 Å². The number of anilines is 1. The topological polar surface area (TPSA) is 98.2 Å². The van der Waals surface area contributed by atoms with Crippen LogP contribution in [0.4, 0.5) is 16.0 Å². The summed E-state index contributed by atoms with van der Waals surface area (Å²) in [6.07, 6.45) is 1.54. The molecule has 0 bridgehead atoms. The second-order valence-corrected chi connectivity index (χ2v) is 4.38. The van der Waals surface area contributed by atoms with Crippen LogP contribution in [0.3, 0.4) is 0 Å². The monoisotopic (exact) mass is 291 g/mol. The molecule has 0 aliphatic rings. The van der Waals surface area contributed by atoms with E-state index in [1.807, 2.05) is 0 Å². The van der Waals surface area contributed by atoms with E-state index in [0.717, 1.165) is 12.1 Å². The number of hydrogen-bond acceptors (Lipinski definition) is 6. The molecule has 1 heterocycles. The van der Waals surface area contributed by atoms with Crippen molar-refractivity contribution in [1.82, 2.24) is 9.97 Å². The van der Waals surface area contributed by atoms with E-state index in [9.17, 15) is 14.5 Å². The molecule has 0 fully saturated rings. The van der Waals surface area contributed by atoms with Crippen molar-refractivity contribution in [3.8, 4) is 11.3 Å². The van der Waals surface area contributed by atoms with Crippen molar-refractivity contribution in [2.45, 2.75) is 0 Å². The van der Waals surface area contributed by atoms with Crippen LogP contribution in [0.2, 0.25) is 0 Å². The van der Waals surface area contributed by atoms with Gasteiger partial charge >= 0.3 is 5.69 Å². The molecule has 0 aliphatic heterocycles. The fourth-order valence-corrected chi connectivity index (χ4v) is 1.80. The van der Waals surface area contributed by atoms with Crippen molar-refractivity contribution in [3.63, 3.8) is 0 Å². The van der Waals surface area contributed by atoms with E-state index in [1.165, 1.54) is 6.07 Å². The Labute approximate surface area is 120 Å². The Morgan fingerprint density at radius 3 is 2.86 bits per heavy atom. The second kappa shape index (κ2) is 6.23. The highest BCUT2D eigenvalue weighted by Crippen LogP contribution is 2.25. The van der Waals surface area contributed by atoms with Gasteiger partial charge in [0.1, 0.15) is 0 Å². The van der Waals surface area contributed by atoms with Gasteiger partial charge in [-0.25, -0.2) is 9.97 Å². The minimum absolute atomic E-state index is 0.449. The van der Waals surface area contributed by atoms with E-state index < -0.39 is 16.4 Å². The molecule has 0 saturated carbocycles. The van der Waals surface area contributed by atoms with Crippen molar-refractivity contribution >= 4 is 11.6 Å². The predicted octanol–water partition coefficient (Wildman–Crippen LogP) is 1.59. The number of benzene rings is 1. The zero-order valence-corrected chi connectivity index (χ0v) is 11.4. The van der Waals surface area contributed by atoms with Gasteiger partial charge in [-0.2, -0.15) is 4.39 Å². The second-order valence-electron chi connectivity index (χ2n) is 4.38. The summed E-state index contributed by atoms with van der Waals surface area (Å²) in [5, 5.41) is 10.8. The van der Waals surface area contributed by atoms with E-state index in [-0.39, 0.29) is 0 Å². The molecule has 8 heteroatoms. The Balaban J connectivity index is 2.40. The maximum atomic E-state index is 13.3. The summed E-state index contributed by atoms with van der Waals surface area (Å²) in [5.74, 6) is -0.428. The number of rotatable bonds is 5. The molecule has 0 unspecified atom stereocenters. The third-order valence-corrected chi connectivity index (χ3v) is 2.89. The fraction of sp³-hybridized carbons (Fsp3) is 0.231. The van der Waals surface area contributed by atoms with Crippen LogP contribution in [0, 0.1) is 15.9 Å². The number of nitro benzene ring substituents is 1. The van der Waals surface area contributed by atoms with Gasteiger partial charge in [0, 0.05) is 38.0 Å². The summed E-state index contributed by atoms with van der Waals surface area (Å²) in [4.78, 5) is 20.2. The lowest BCUT2D eigenvalue weighted by Gasteiger charge is -2.16. The first-order valence-electron chi connectivity index (χ1n) is 6.21. The lowest BCUT2D eigenvalue weighted by molar-refractivity contribution is -0.387. The smallest absolute Gasteiger partial charge is 0.305 e. The molecule has 0 saturated heterocycles. The van der Waals surface area contributed by atoms with Gasteiger partial charge in [0.25, 0.3) is 0 Å². The van der Waals surface area contributed by atoms with Crippen LogP contribution >= 0.6 is 0 Å². The van der Waals surface area contributed by atoms with E-state index in [2.05, 4.69) is 9.97 Å². The van der Waals surface area contributed by atoms with Crippen molar-refractivity contribution in [2.75, 3.05) is 25.0 Å². The summed E-state index contributed by atoms with van der Waals surface area (Å²) in [6, 6.07) is 5.26. The molecule has 0 aliphatic carbocycles. The molecular weight excluding hydrogens is 277 g/mol. The number of halogens is 1. The molecule has 0 radical (unpaired) electrons. The molecule has 0 spiro atoms. The van der Waals surface area contributed by atoms with Crippen LogP contribution in [0.25, 0.3) is 11.3 Å². The molecule has 2 aromatic rings. The molecule has 1 aromatic carbocycles. The highest BCUT2D eigenvalue weighted by molar-refractivity contribution is 5.63. The average Bonchev–Trinajstić information content (AvgIpc) is 2.48. The van der Waals surface area contributed by atoms with Crippen LogP contribution in [0.5, 0.6) is 0 Å². The molecule has 2 N–H and O–H groups in total. The summed E-state index contributed by atoms with van der Waals surface area (Å²) < 4.78 is 13.3. The lowest BCUT2D eigenvalue weighted by atomic mass is 10.1. The van der Waals surface area contributed by atoms with Gasteiger partial charge in [-0.1, -0.05) is 0 Å². The van der Waals surface area contributed by atoms with Crippen molar-refractivity contribution in [3.05, 3.63) is 46.4 Å². The van der Waals surface area contributed by atoms with Gasteiger partial charge in [0.05, 0.1) is 10.6 Å². The van der Waals surface area contributed by atoms with Crippen LogP contribution < -0.4 is 10.6 Å². The van der Waals surface area contributed by atoms with Crippen molar-refractivity contribution in [2.24, 2.45) is 5.73 Å². The molecule has 1 aromatic heterocycles. The molecule has 7 nitrogen and oxygen atoms in total. The highest BCUT2D eigenvalue weighted by Gasteiger charge is 2.16. The Bertz CT molecular complexity index is 665. The molecule has 110 valence electrons. The van der Waals surface area contributed by atoms with E-state index in [0.29, 0.717) is 30.3 Å². The van der Waals surface area contributed by atoms with Crippen LogP contribution in [-0.4, -0.2) is 35.0 Å². The molecule has 21 heavy (non-hydrogen) atoms. The minimum Gasteiger partial charge on any atom is -0.343 e. The predicted molar refractivity (Wildman–Crippen MR) is 76.4 cm³/mol. The van der Waals surface area contributed by atoms with E-state index in [1.54, 1.807) is 24.2 Å². The molecule has 0 amide bonds. The van der Waals surface area contributed by atoms with Gasteiger partial charge in [0.2, 0.25) is 11.8 Å². The number of nitrogens with zero attached hydrogens (tertiary/aromatic N) is 4. The third-order valence-electron chi connectivity index (χ3n) is 2.89. The zero-order chi connectivity index (χ0) is 15.4. The lowest BCUT2D eigenvalue weighted by Crippen LogP contribution is -2.26. The standard InChI is InChI=1S/C13H14FN5O2/c1-18(7-5-15)13-16-6-4-11(17-13)9-2-3-10(14)12(8-9)19(20)21/h2-4,6,8H,5,7,15H2,1H3. The molecule has 0 atom stereocenters. The Hall–Kier alpha value is -2.61. The van der Waals surface area contributed by atoms with Gasteiger partial charge in [-0.3, -0.25) is 10.1 Å². The summed E-state index contributed by atoms with van der Waals surface area (Å²) in [7, 11) is 1.79. The summed E-state index contributed by atoms with van der Waals surface area (Å²) in [6.45, 7) is 1.03. The highest BCUT2D eigenvalue weighted by atomic mass is 19.1. The first-order chi connectivity index (χ1) is 10.0. The van der Waals surface area contributed by atoms with E-state index in [4.69, 9.17) is 5.73 Å². The molecular formula is C13H14FN5O2. The quantitative estimate of drug-likeness (QED) is 0.663. The zero-order valence-electron chi connectivity index (χ0n) is 11.4. The van der Waals surface area contributed by atoms with E-state index >= 15 is 0 Å². The largest absolute Gasteiger partial charge is 0.343 e. The Morgan fingerprint density at radius 2 is 2.19 bits per heavy atom. The first-order valence-corrected chi connectivity index (χ1v) is 6.21. The number of aromatic nitrogens is 2. The third kappa shape index (κ3) is 3.29. The van der Waals surface area contributed by atoms with Crippen LogP contribution in [-0.2, 0) is 0 Å². The summed E-state index contributed by atoms with van der Waals surface area (Å²) >= 11 is 0. The van der Waals surface area contributed by atoms with Crippen molar-refractivity contribution < 1.29 is 9.31 Å². The fourth-order valence-electron chi connectivity index (χ4n) is 1.80. The SMILES string of the molecule is CN(CCN)c1nccc(-c2ccc(F)c([N+](=O)[O-])c2)n1. The maximum absolute atomic E-state index is 13.3. The maximum Gasteiger partial charge on any atom is 0.305 e. The van der Waals surface area contributed by atoms with Gasteiger partial charge in [-0.15, -0.1) is 0 Å². The number of likely N-dealkylation sites (N-methyl/N-ethyl adjacent to an activating group) is 1. The number of hydrogen-bond donors (Lipinski definition) is 1. The number of nitrogens with two attached hydrogens (primary N) is 1. The summed E-state index contributed by atoms with van der Waals surface area (Å²) in [5.41, 5.74) is 5.82. The van der Waals surface area contributed by atoms with Gasteiger partial charge in [-0.05, 0) is 18.2 Å². The average molecular weight is 291 g/mol. The normalized spacial score (nSPS) is 10.4. The number of nitro groups is 1. The van der Waals surface area contributed by atoms with Gasteiger partial charge < -0.3 is 10.6 Å². The van der Waals surface area contributed by atoms with Gasteiger partial charge in [0.15, 0.2) is 0 Å². The molecule has 2 rings (SSSR count).